The zero-order valence-electron chi connectivity index (χ0n) is 14.1. The maximum atomic E-state index is 12.4. The molecule has 0 bridgehead atoms. The van der Waals surface area contributed by atoms with Gasteiger partial charge in [-0.25, -0.2) is 9.67 Å². The molecule has 0 saturated heterocycles. The van der Waals surface area contributed by atoms with Crippen LogP contribution >= 0.6 is 38.6 Å². The first kappa shape index (κ1) is 18.1. The number of thiophene rings is 1. The standard InChI is InChI=1S/C19H15BrN4OS2/c20-14-5-3-13(4-6-14)11-24-17(7-8-21-24)23-18(25)10-15-12-27-19(22-15)16-2-1-9-26-16/h1-9,12H,10-11H2,(H,23,25). The SMILES string of the molecule is O=C(Cc1csc(-c2cccs2)n1)Nc1ccnn1Cc1ccc(Br)cc1. The summed E-state index contributed by atoms with van der Waals surface area (Å²) in [4.78, 5) is 18.1. The van der Waals surface area contributed by atoms with Gasteiger partial charge in [-0.05, 0) is 29.1 Å². The third-order valence-corrected chi connectivity index (χ3v) is 6.31. The van der Waals surface area contributed by atoms with E-state index in [1.54, 1.807) is 39.6 Å². The van der Waals surface area contributed by atoms with Crippen LogP contribution in [-0.4, -0.2) is 20.7 Å². The molecule has 4 aromatic rings. The molecule has 0 fully saturated rings. The Kier molecular flexibility index (Phi) is 5.47. The van der Waals surface area contributed by atoms with E-state index in [2.05, 4.69) is 31.3 Å². The summed E-state index contributed by atoms with van der Waals surface area (Å²) < 4.78 is 2.81. The number of anilines is 1. The van der Waals surface area contributed by atoms with Gasteiger partial charge < -0.3 is 5.32 Å². The Morgan fingerprint density at radius 3 is 2.78 bits per heavy atom. The van der Waals surface area contributed by atoms with Crippen LogP contribution in [0.1, 0.15) is 11.3 Å². The molecule has 27 heavy (non-hydrogen) atoms. The van der Waals surface area contributed by atoms with Gasteiger partial charge in [0.05, 0.1) is 29.7 Å². The maximum absolute atomic E-state index is 12.4. The Labute approximate surface area is 172 Å². The van der Waals surface area contributed by atoms with Gasteiger partial charge >= 0.3 is 0 Å². The number of benzene rings is 1. The van der Waals surface area contributed by atoms with Gasteiger partial charge in [0.25, 0.3) is 0 Å². The number of carbonyl (C=O) groups excluding carboxylic acids is 1. The van der Waals surface area contributed by atoms with Gasteiger partial charge in [0.1, 0.15) is 10.8 Å². The molecule has 136 valence electrons. The number of aromatic nitrogens is 3. The Bertz CT molecular complexity index is 1040. The van der Waals surface area contributed by atoms with Gasteiger partial charge in [-0.3, -0.25) is 4.79 Å². The van der Waals surface area contributed by atoms with Crippen LogP contribution < -0.4 is 5.32 Å². The molecule has 8 heteroatoms. The van der Waals surface area contributed by atoms with Crippen LogP contribution in [0, 0.1) is 0 Å². The summed E-state index contributed by atoms with van der Waals surface area (Å²) in [7, 11) is 0. The Hall–Kier alpha value is -2.29. The molecule has 3 aromatic heterocycles. The minimum absolute atomic E-state index is 0.101. The normalized spacial score (nSPS) is 10.9. The number of halogens is 1. The summed E-state index contributed by atoms with van der Waals surface area (Å²) in [5, 5.41) is 12.2. The Morgan fingerprint density at radius 1 is 1.15 bits per heavy atom. The zero-order chi connectivity index (χ0) is 18.6. The smallest absolute Gasteiger partial charge is 0.231 e. The average Bonchev–Trinajstić information content (AvgIpc) is 3.39. The molecule has 0 spiro atoms. The lowest BCUT2D eigenvalue weighted by Gasteiger charge is -2.09. The topological polar surface area (TPSA) is 59.8 Å². The van der Waals surface area contributed by atoms with E-state index in [1.807, 2.05) is 47.2 Å². The van der Waals surface area contributed by atoms with Crippen LogP contribution in [0.3, 0.4) is 0 Å². The van der Waals surface area contributed by atoms with Crippen LogP contribution in [0.4, 0.5) is 5.82 Å². The lowest BCUT2D eigenvalue weighted by Crippen LogP contribution is -2.18. The number of rotatable bonds is 6. The van der Waals surface area contributed by atoms with Crippen molar-refractivity contribution in [3.63, 3.8) is 0 Å². The fourth-order valence-electron chi connectivity index (χ4n) is 2.58. The summed E-state index contributed by atoms with van der Waals surface area (Å²) in [6.45, 7) is 0.592. The molecule has 0 aliphatic rings. The van der Waals surface area contributed by atoms with Crippen LogP contribution in [0.25, 0.3) is 9.88 Å². The number of amides is 1. The third-order valence-electron chi connectivity index (χ3n) is 3.86. The summed E-state index contributed by atoms with van der Waals surface area (Å²) in [5.74, 6) is 0.576. The maximum Gasteiger partial charge on any atom is 0.231 e. The van der Waals surface area contributed by atoms with Gasteiger partial charge in [-0.2, -0.15) is 5.10 Å². The highest BCUT2D eigenvalue weighted by molar-refractivity contribution is 9.10. The van der Waals surface area contributed by atoms with E-state index in [4.69, 9.17) is 0 Å². The summed E-state index contributed by atoms with van der Waals surface area (Å²) >= 11 is 6.64. The molecule has 0 aliphatic carbocycles. The fourth-order valence-corrected chi connectivity index (χ4v) is 4.48. The van der Waals surface area contributed by atoms with Gasteiger partial charge in [-0.15, -0.1) is 22.7 Å². The molecule has 1 N–H and O–H groups in total. The molecule has 4 rings (SSSR count). The first-order valence-corrected chi connectivity index (χ1v) is 10.8. The number of hydrogen-bond acceptors (Lipinski definition) is 5. The second kappa shape index (κ2) is 8.16. The van der Waals surface area contributed by atoms with Crippen molar-refractivity contribution in [2.24, 2.45) is 0 Å². The van der Waals surface area contributed by atoms with Crippen molar-refractivity contribution in [1.29, 1.82) is 0 Å². The largest absolute Gasteiger partial charge is 0.311 e. The van der Waals surface area contributed by atoms with Gasteiger partial charge in [0.15, 0.2) is 0 Å². The van der Waals surface area contributed by atoms with E-state index in [-0.39, 0.29) is 12.3 Å². The molecule has 0 aliphatic heterocycles. The van der Waals surface area contributed by atoms with E-state index in [0.717, 1.165) is 25.6 Å². The molecule has 0 atom stereocenters. The van der Waals surface area contributed by atoms with Gasteiger partial charge in [0, 0.05) is 15.9 Å². The minimum atomic E-state index is -0.101. The summed E-state index contributed by atoms with van der Waals surface area (Å²) in [6.07, 6.45) is 1.93. The molecular formula is C19H15BrN4OS2. The monoisotopic (exact) mass is 458 g/mol. The second-order valence-electron chi connectivity index (χ2n) is 5.85. The Balaban J connectivity index is 1.40. The number of carbonyl (C=O) groups is 1. The van der Waals surface area contributed by atoms with Crippen molar-refractivity contribution in [2.75, 3.05) is 5.32 Å². The highest BCUT2D eigenvalue weighted by Gasteiger charge is 2.12. The van der Waals surface area contributed by atoms with Crippen LogP contribution in [0.5, 0.6) is 0 Å². The average molecular weight is 459 g/mol. The third kappa shape index (κ3) is 4.52. The van der Waals surface area contributed by atoms with Crippen LogP contribution in [0.15, 0.2) is 63.9 Å². The molecular weight excluding hydrogens is 444 g/mol. The van der Waals surface area contributed by atoms with Crippen molar-refractivity contribution in [3.05, 3.63) is 75.2 Å². The van der Waals surface area contributed by atoms with Gasteiger partial charge in [0.2, 0.25) is 5.91 Å². The number of hydrogen-bond donors (Lipinski definition) is 1. The predicted octanol–water partition coefficient (Wildman–Crippen LogP) is 5.06. The highest BCUT2D eigenvalue weighted by Crippen LogP contribution is 2.28. The number of thiazole rings is 1. The first-order valence-electron chi connectivity index (χ1n) is 8.22. The van der Waals surface area contributed by atoms with Crippen molar-refractivity contribution in [1.82, 2.24) is 14.8 Å². The second-order valence-corrected chi connectivity index (χ2v) is 8.57. The van der Waals surface area contributed by atoms with E-state index < -0.39 is 0 Å². The first-order chi connectivity index (χ1) is 13.2. The van der Waals surface area contributed by atoms with Crippen LogP contribution in [-0.2, 0) is 17.8 Å². The summed E-state index contributed by atoms with van der Waals surface area (Å²) in [6, 6.07) is 13.9. The van der Waals surface area contributed by atoms with E-state index in [0.29, 0.717) is 12.4 Å². The van der Waals surface area contributed by atoms with E-state index in [9.17, 15) is 4.79 Å². The van der Waals surface area contributed by atoms with E-state index in [1.165, 1.54) is 0 Å². The van der Waals surface area contributed by atoms with E-state index >= 15 is 0 Å². The minimum Gasteiger partial charge on any atom is -0.311 e. The van der Waals surface area contributed by atoms with Gasteiger partial charge in [-0.1, -0.05) is 34.1 Å². The van der Waals surface area contributed by atoms with Crippen molar-refractivity contribution >= 4 is 50.3 Å². The molecule has 0 unspecified atom stereocenters. The number of nitrogens with zero attached hydrogens (tertiary/aromatic N) is 3. The van der Waals surface area contributed by atoms with Crippen molar-refractivity contribution in [2.45, 2.75) is 13.0 Å². The van der Waals surface area contributed by atoms with Crippen molar-refractivity contribution in [3.8, 4) is 9.88 Å². The quantitative estimate of drug-likeness (QED) is 0.439. The van der Waals surface area contributed by atoms with Crippen LogP contribution in [0.2, 0.25) is 0 Å². The highest BCUT2D eigenvalue weighted by atomic mass is 79.9. The molecule has 1 aromatic carbocycles. The lowest BCUT2D eigenvalue weighted by atomic mass is 10.2. The predicted molar refractivity (Wildman–Crippen MR) is 113 cm³/mol. The molecule has 0 saturated carbocycles. The molecule has 1 amide bonds. The summed E-state index contributed by atoms with van der Waals surface area (Å²) in [5.41, 5.74) is 1.89. The molecule has 5 nitrogen and oxygen atoms in total. The fraction of sp³-hybridized carbons (Fsp3) is 0.105. The Morgan fingerprint density at radius 2 is 2.00 bits per heavy atom. The lowest BCUT2D eigenvalue weighted by molar-refractivity contribution is -0.115. The van der Waals surface area contributed by atoms with Crippen molar-refractivity contribution < 1.29 is 4.79 Å². The molecule has 3 heterocycles. The molecule has 0 radical (unpaired) electrons. The zero-order valence-corrected chi connectivity index (χ0v) is 17.4. The number of nitrogens with one attached hydrogen (secondary N) is 1.